The molecule has 352 valence electrons. The lowest BCUT2D eigenvalue weighted by Gasteiger charge is -2.31. The minimum Gasteiger partial charge on any atom is -0.494 e. The van der Waals surface area contributed by atoms with Gasteiger partial charge in [0.05, 0.1) is 36.0 Å². The summed E-state index contributed by atoms with van der Waals surface area (Å²) in [5, 5.41) is 10.6. The van der Waals surface area contributed by atoms with Crippen molar-refractivity contribution in [3.8, 4) is 11.5 Å². The molecule has 1 fully saturated rings. The maximum atomic E-state index is 13.5. The third kappa shape index (κ3) is 11.7. The van der Waals surface area contributed by atoms with Crippen LogP contribution in [0.15, 0.2) is 47.4 Å². The molecular formula is C48H59ClN8O9. The van der Waals surface area contributed by atoms with E-state index in [1.165, 1.54) is 24.8 Å². The summed E-state index contributed by atoms with van der Waals surface area (Å²) in [4.78, 5) is 101. The zero-order valence-electron chi connectivity index (χ0n) is 38.1. The highest BCUT2D eigenvalue weighted by molar-refractivity contribution is 6.33. The van der Waals surface area contributed by atoms with Crippen molar-refractivity contribution in [3.63, 3.8) is 0 Å². The number of aldehydes is 1. The molecule has 0 bridgehead atoms. The molecule has 18 heteroatoms. The smallest absolute Gasteiger partial charge is 0.293 e. The van der Waals surface area contributed by atoms with Crippen LogP contribution >= 0.6 is 11.6 Å². The number of aromatic nitrogens is 3. The Morgan fingerprint density at radius 1 is 0.955 bits per heavy atom. The summed E-state index contributed by atoms with van der Waals surface area (Å²) in [5.74, 6) is -0.0620. The Morgan fingerprint density at radius 2 is 1.68 bits per heavy atom. The molecule has 0 radical (unpaired) electrons. The number of anilines is 4. The quantitative estimate of drug-likeness (QED) is 0.0355. The number of imide groups is 1. The van der Waals surface area contributed by atoms with Crippen LogP contribution < -0.4 is 35.9 Å². The van der Waals surface area contributed by atoms with Gasteiger partial charge in [-0.25, -0.2) is 4.98 Å². The van der Waals surface area contributed by atoms with Gasteiger partial charge in [0.1, 0.15) is 23.2 Å². The number of fused-ring (bicyclic) bond motifs is 2. The molecule has 0 saturated carbocycles. The Hall–Kier alpha value is -6.36. The highest BCUT2D eigenvalue weighted by Crippen LogP contribution is 2.35. The van der Waals surface area contributed by atoms with Gasteiger partial charge in [0.25, 0.3) is 17.4 Å². The number of pyridine rings is 1. The lowest BCUT2D eigenvalue weighted by atomic mass is 9.96. The number of unbranched alkanes of at least 4 members (excludes halogenated alkanes) is 5. The first-order valence-electron chi connectivity index (χ1n) is 22.7. The number of nitrogens with zero attached hydrogens (tertiary/aromatic N) is 5. The zero-order chi connectivity index (χ0) is 47.3. The molecule has 1 atom stereocenters. The van der Waals surface area contributed by atoms with Gasteiger partial charge < -0.3 is 34.9 Å². The Bertz CT molecular complexity index is 2500. The summed E-state index contributed by atoms with van der Waals surface area (Å²) < 4.78 is 12.4. The second-order valence-corrected chi connectivity index (χ2v) is 17.1. The van der Waals surface area contributed by atoms with Gasteiger partial charge in [0, 0.05) is 74.8 Å². The first kappa shape index (κ1) is 49.1. The average molecular weight is 927 g/mol. The number of ketones is 2. The van der Waals surface area contributed by atoms with Crippen LogP contribution in [0.3, 0.4) is 0 Å². The summed E-state index contributed by atoms with van der Waals surface area (Å²) in [5.41, 5.74) is 1.84. The van der Waals surface area contributed by atoms with E-state index in [4.69, 9.17) is 26.1 Å². The number of halogens is 1. The Kier molecular flexibility index (Phi) is 17.3. The van der Waals surface area contributed by atoms with E-state index in [-0.39, 0.29) is 59.7 Å². The van der Waals surface area contributed by atoms with Gasteiger partial charge in [-0.1, -0.05) is 50.3 Å². The zero-order valence-corrected chi connectivity index (χ0v) is 38.8. The highest BCUT2D eigenvalue weighted by Gasteiger charge is 2.43. The van der Waals surface area contributed by atoms with Crippen LogP contribution in [0.2, 0.25) is 5.02 Å². The molecule has 66 heavy (non-hydrogen) atoms. The first-order valence-corrected chi connectivity index (χ1v) is 23.1. The third-order valence-corrected chi connectivity index (χ3v) is 12.4. The van der Waals surface area contributed by atoms with Gasteiger partial charge in [-0.3, -0.25) is 38.5 Å². The van der Waals surface area contributed by atoms with Crippen LogP contribution in [0.4, 0.5) is 23.1 Å². The van der Waals surface area contributed by atoms with E-state index in [2.05, 4.69) is 20.9 Å². The monoisotopic (exact) mass is 926 g/mol. The van der Waals surface area contributed by atoms with Crippen molar-refractivity contribution in [2.24, 2.45) is 13.0 Å². The maximum absolute atomic E-state index is 13.5. The van der Waals surface area contributed by atoms with E-state index in [1.807, 2.05) is 11.8 Å². The van der Waals surface area contributed by atoms with Gasteiger partial charge in [-0.05, 0) is 69.7 Å². The molecule has 4 heterocycles. The van der Waals surface area contributed by atoms with Crippen LogP contribution in [0.25, 0.3) is 10.9 Å². The standard InChI is InChI=1S/C48H59ClN8O9/c1-5-13-34(60)16-17-38(30(2)59)57-45(62)35-14-12-15-37(41(35)47(57)64)50-20-10-8-6-7-9-11-21-51-44(61)31-18-22-56(23-19-31)48-52-29-36(49)43(54-48)53-33-26-32-27-40(66-25-24-58)46(63)55(3)42(32)39(28-33)65-4/h12,14-15,24,26-29,31,38,50H,5-11,13,16-23,25H2,1-4H3,(H,51,61)(H,52,53,54). The van der Waals surface area contributed by atoms with Crippen molar-refractivity contribution >= 4 is 81.2 Å². The van der Waals surface area contributed by atoms with Crippen molar-refractivity contribution in [2.45, 2.75) is 96.9 Å². The second-order valence-electron chi connectivity index (χ2n) is 16.7. The number of carbonyl (C=O) groups is 6. The van der Waals surface area contributed by atoms with Gasteiger partial charge in [0.2, 0.25) is 11.9 Å². The molecule has 0 spiro atoms. The molecule has 2 aliphatic rings. The van der Waals surface area contributed by atoms with E-state index >= 15 is 0 Å². The molecule has 1 unspecified atom stereocenters. The number of carbonyl (C=O) groups excluding carboxylic acids is 6. The number of piperidine rings is 1. The van der Waals surface area contributed by atoms with Crippen molar-refractivity contribution < 1.29 is 38.2 Å². The molecule has 2 aromatic carbocycles. The molecule has 2 aliphatic heterocycles. The Balaban J connectivity index is 0.892. The summed E-state index contributed by atoms with van der Waals surface area (Å²) in [7, 11) is 3.11. The maximum Gasteiger partial charge on any atom is 0.293 e. The predicted octanol–water partition coefficient (Wildman–Crippen LogP) is 6.80. The lowest BCUT2D eigenvalue weighted by Crippen LogP contribution is -2.44. The molecule has 0 aliphatic carbocycles. The molecule has 3 amide bonds. The number of ether oxygens (including phenoxy) is 2. The van der Waals surface area contributed by atoms with E-state index in [9.17, 15) is 33.6 Å². The van der Waals surface area contributed by atoms with Crippen LogP contribution in [-0.2, 0) is 26.2 Å². The number of hydrogen-bond acceptors (Lipinski definition) is 14. The second kappa shape index (κ2) is 23.2. The SMILES string of the molecule is CCCC(=O)CCC(C(C)=O)N1C(=O)c2cccc(NCCCCCCCCNC(=O)C3CCN(c4ncc(Cl)c(Nc5cc(OC)c6c(c5)cc(OCC=O)c(=O)n6C)n4)CC3)c2C1=O. The van der Waals surface area contributed by atoms with Crippen molar-refractivity contribution in [2.75, 3.05) is 55.4 Å². The molecule has 6 rings (SSSR count). The number of hydrogen-bond donors (Lipinski definition) is 3. The first-order chi connectivity index (χ1) is 31.9. The van der Waals surface area contributed by atoms with Crippen molar-refractivity contribution in [3.05, 3.63) is 69.1 Å². The van der Waals surface area contributed by atoms with Crippen LogP contribution in [0.1, 0.15) is 112 Å². The number of nitrogens with one attached hydrogen (secondary N) is 3. The number of rotatable bonds is 25. The van der Waals surface area contributed by atoms with Gasteiger partial charge >= 0.3 is 0 Å². The molecule has 1 saturated heterocycles. The Morgan fingerprint density at radius 3 is 2.38 bits per heavy atom. The molecule has 4 aromatic rings. The molecule has 3 N–H and O–H groups in total. The summed E-state index contributed by atoms with van der Waals surface area (Å²) in [6.07, 6.45) is 10.5. The molecule has 2 aromatic heterocycles. The minimum absolute atomic E-state index is 0.0117. The van der Waals surface area contributed by atoms with E-state index in [1.54, 1.807) is 43.4 Å². The lowest BCUT2D eigenvalue weighted by molar-refractivity contribution is -0.125. The number of benzene rings is 2. The number of methoxy groups -OCH3 is 1. The fourth-order valence-corrected chi connectivity index (χ4v) is 8.72. The highest BCUT2D eigenvalue weighted by atomic mass is 35.5. The van der Waals surface area contributed by atoms with Crippen LogP contribution in [-0.4, -0.2) is 101 Å². The number of aryl methyl sites for hydroxylation is 1. The normalized spacial score (nSPS) is 14.3. The topological polar surface area (TPSA) is 211 Å². The number of Topliss-reactive ketones (excluding diaryl/α,β-unsaturated/α-hetero) is 2. The van der Waals surface area contributed by atoms with Crippen LogP contribution in [0, 0.1) is 5.92 Å². The van der Waals surface area contributed by atoms with E-state index in [0.717, 1.165) is 43.4 Å². The molecular weight excluding hydrogens is 868 g/mol. The third-order valence-electron chi connectivity index (χ3n) is 12.1. The van der Waals surface area contributed by atoms with Gasteiger partial charge in [0.15, 0.2) is 23.6 Å². The fraction of sp³-hybridized carbons (Fsp3) is 0.479. The summed E-state index contributed by atoms with van der Waals surface area (Å²) in [6, 6.07) is 9.22. The Labute approximate surface area is 388 Å². The van der Waals surface area contributed by atoms with Gasteiger partial charge in [-0.15, -0.1) is 0 Å². The van der Waals surface area contributed by atoms with E-state index in [0.29, 0.717) is 103 Å². The largest absolute Gasteiger partial charge is 0.494 e. The molecule has 17 nitrogen and oxygen atoms in total. The summed E-state index contributed by atoms with van der Waals surface area (Å²) in [6.45, 7) is 5.42. The van der Waals surface area contributed by atoms with Gasteiger partial charge in [-0.2, -0.15) is 4.98 Å². The average Bonchev–Trinajstić information content (AvgIpc) is 3.56. The summed E-state index contributed by atoms with van der Waals surface area (Å²) >= 11 is 6.54. The van der Waals surface area contributed by atoms with E-state index < -0.39 is 23.4 Å². The number of amides is 3. The predicted molar refractivity (Wildman–Crippen MR) is 252 cm³/mol. The van der Waals surface area contributed by atoms with Crippen molar-refractivity contribution in [1.29, 1.82) is 0 Å². The van der Waals surface area contributed by atoms with Crippen molar-refractivity contribution in [1.82, 2.24) is 24.8 Å². The fourth-order valence-electron chi connectivity index (χ4n) is 8.58. The minimum atomic E-state index is -0.972. The van der Waals surface area contributed by atoms with Crippen LogP contribution in [0.5, 0.6) is 11.5 Å².